The molecule has 0 saturated carbocycles. The Morgan fingerprint density at radius 3 is 2.75 bits per heavy atom. The van der Waals surface area contributed by atoms with E-state index in [1.807, 2.05) is 46.8 Å². The van der Waals surface area contributed by atoms with Gasteiger partial charge in [-0.15, -0.1) is 0 Å². The van der Waals surface area contributed by atoms with Crippen molar-refractivity contribution in [2.24, 2.45) is 5.92 Å². The van der Waals surface area contributed by atoms with Crippen LogP contribution in [0, 0.1) is 5.92 Å². The Bertz CT molecular complexity index is 552. The SMILES string of the molecule is Clc1c(Oc2ccccc2)cnn1CC1CCSCC1. The third-order valence-corrected chi connectivity index (χ3v) is 4.92. The van der Waals surface area contributed by atoms with Crippen molar-refractivity contribution in [3.63, 3.8) is 0 Å². The molecule has 3 rings (SSSR count). The fourth-order valence-corrected chi connectivity index (χ4v) is 3.74. The molecule has 1 aromatic heterocycles. The third-order valence-electron chi connectivity index (χ3n) is 3.49. The van der Waals surface area contributed by atoms with Crippen molar-refractivity contribution in [2.75, 3.05) is 11.5 Å². The first-order valence-electron chi connectivity index (χ1n) is 6.85. The molecule has 0 aliphatic carbocycles. The van der Waals surface area contributed by atoms with Crippen molar-refractivity contribution in [2.45, 2.75) is 19.4 Å². The maximum absolute atomic E-state index is 6.36. The topological polar surface area (TPSA) is 27.1 Å². The van der Waals surface area contributed by atoms with E-state index in [9.17, 15) is 0 Å². The largest absolute Gasteiger partial charge is 0.452 e. The number of rotatable bonds is 4. The summed E-state index contributed by atoms with van der Waals surface area (Å²) in [6, 6.07) is 9.65. The first-order valence-corrected chi connectivity index (χ1v) is 8.38. The van der Waals surface area contributed by atoms with Gasteiger partial charge in [0.25, 0.3) is 0 Å². The molecule has 0 amide bonds. The van der Waals surface area contributed by atoms with Crippen molar-refractivity contribution in [1.29, 1.82) is 0 Å². The normalized spacial score (nSPS) is 16.2. The minimum atomic E-state index is 0.590. The molecule has 1 aliphatic heterocycles. The molecule has 0 atom stereocenters. The zero-order chi connectivity index (χ0) is 13.8. The van der Waals surface area contributed by atoms with Crippen molar-refractivity contribution < 1.29 is 4.74 Å². The van der Waals surface area contributed by atoms with E-state index in [-0.39, 0.29) is 0 Å². The van der Waals surface area contributed by atoms with Gasteiger partial charge in [0, 0.05) is 6.54 Å². The summed E-state index contributed by atoms with van der Waals surface area (Å²) in [5.41, 5.74) is 0. The highest BCUT2D eigenvalue weighted by atomic mass is 35.5. The second-order valence-corrected chi connectivity index (χ2v) is 6.54. The fourth-order valence-electron chi connectivity index (χ4n) is 2.34. The Hall–Kier alpha value is -1.13. The van der Waals surface area contributed by atoms with E-state index in [2.05, 4.69) is 5.10 Å². The minimum Gasteiger partial charge on any atom is -0.452 e. The van der Waals surface area contributed by atoms with Gasteiger partial charge in [-0.25, -0.2) is 0 Å². The molecule has 2 heterocycles. The van der Waals surface area contributed by atoms with Gasteiger partial charge in [0.1, 0.15) is 5.75 Å². The average molecular weight is 309 g/mol. The summed E-state index contributed by atoms with van der Waals surface area (Å²) < 4.78 is 7.62. The van der Waals surface area contributed by atoms with E-state index in [1.54, 1.807) is 6.20 Å². The number of thioether (sulfide) groups is 1. The lowest BCUT2D eigenvalue weighted by molar-refractivity contribution is 0.393. The van der Waals surface area contributed by atoms with Gasteiger partial charge in [0.2, 0.25) is 0 Å². The standard InChI is InChI=1S/C15H17ClN2OS/c16-15-14(19-13-4-2-1-3-5-13)10-17-18(15)11-12-6-8-20-9-7-12/h1-5,10,12H,6-9,11H2. The van der Waals surface area contributed by atoms with Crippen LogP contribution in [-0.2, 0) is 6.54 Å². The van der Waals surface area contributed by atoms with E-state index in [1.165, 1.54) is 24.3 Å². The molecule has 1 aliphatic rings. The molecule has 0 N–H and O–H groups in total. The molecular weight excluding hydrogens is 292 g/mol. The van der Waals surface area contributed by atoms with Crippen LogP contribution in [0.5, 0.6) is 11.5 Å². The zero-order valence-electron chi connectivity index (χ0n) is 11.2. The summed E-state index contributed by atoms with van der Waals surface area (Å²) in [7, 11) is 0. The van der Waals surface area contributed by atoms with Crippen LogP contribution < -0.4 is 4.74 Å². The third kappa shape index (κ3) is 3.30. The van der Waals surface area contributed by atoms with Gasteiger partial charge in [-0.05, 0) is 42.4 Å². The molecule has 2 aromatic rings. The van der Waals surface area contributed by atoms with E-state index in [4.69, 9.17) is 16.3 Å². The number of nitrogens with zero attached hydrogens (tertiary/aromatic N) is 2. The van der Waals surface area contributed by atoms with Crippen LogP contribution >= 0.6 is 23.4 Å². The predicted octanol–water partition coefficient (Wildman–Crippen LogP) is 4.47. The monoisotopic (exact) mass is 308 g/mol. The van der Waals surface area contributed by atoms with Gasteiger partial charge in [0.15, 0.2) is 10.9 Å². The molecule has 0 unspecified atom stereocenters. The van der Waals surface area contributed by atoms with Crippen LogP contribution in [0.2, 0.25) is 5.15 Å². The molecular formula is C15H17ClN2OS. The number of halogens is 1. The maximum Gasteiger partial charge on any atom is 0.184 e. The van der Waals surface area contributed by atoms with Crippen molar-refractivity contribution in [3.8, 4) is 11.5 Å². The number of hydrogen-bond acceptors (Lipinski definition) is 3. The molecule has 0 spiro atoms. The minimum absolute atomic E-state index is 0.590. The summed E-state index contributed by atoms with van der Waals surface area (Å²) in [5.74, 6) is 4.58. The van der Waals surface area contributed by atoms with Gasteiger partial charge in [-0.2, -0.15) is 16.9 Å². The summed E-state index contributed by atoms with van der Waals surface area (Å²) in [6.45, 7) is 0.886. The van der Waals surface area contributed by atoms with Crippen LogP contribution in [0.25, 0.3) is 0 Å². The Kier molecular flexibility index (Phi) is 4.53. The second kappa shape index (κ2) is 6.55. The lowest BCUT2D eigenvalue weighted by atomic mass is 10.0. The molecule has 20 heavy (non-hydrogen) atoms. The van der Waals surface area contributed by atoms with Crippen LogP contribution in [-0.4, -0.2) is 21.3 Å². The summed E-state index contributed by atoms with van der Waals surface area (Å²) in [4.78, 5) is 0. The van der Waals surface area contributed by atoms with Gasteiger partial charge >= 0.3 is 0 Å². The average Bonchev–Trinajstić information content (AvgIpc) is 2.83. The van der Waals surface area contributed by atoms with Crippen LogP contribution in [0.4, 0.5) is 0 Å². The van der Waals surface area contributed by atoms with Crippen LogP contribution in [0.15, 0.2) is 36.5 Å². The predicted molar refractivity (Wildman–Crippen MR) is 83.8 cm³/mol. The number of para-hydroxylation sites is 1. The Morgan fingerprint density at radius 1 is 1.25 bits per heavy atom. The number of ether oxygens (including phenoxy) is 1. The number of hydrogen-bond donors (Lipinski definition) is 0. The molecule has 0 radical (unpaired) electrons. The first kappa shape index (κ1) is 13.8. The van der Waals surface area contributed by atoms with Crippen LogP contribution in [0.3, 0.4) is 0 Å². The van der Waals surface area contributed by atoms with E-state index < -0.39 is 0 Å². The molecule has 106 valence electrons. The molecule has 1 fully saturated rings. The van der Waals surface area contributed by atoms with Gasteiger partial charge in [0.05, 0.1) is 6.20 Å². The highest BCUT2D eigenvalue weighted by Gasteiger charge is 2.18. The smallest absolute Gasteiger partial charge is 0.184 e. The fraction of sp³-hybridized carbons (Fsp3) is 0.400. The highest BCUT2D eigenvalue weighted by Crippen LogP contribution is 2.31. The molecule has 5 heteroatoms. The van der Waals surface area contributed by atoms with Crippen LogP contribution in [0.1, 0.15) is 12.8 Å². The van der Waals surface area contributed by atoms with Gasteiger partial charge in [-0.1, -0.05) is 29.8 Å². The number of benzene rings is 1. The second-order valence-electron chi connectivity index (χ2n) is 4.95. The highest BCUT2D eigenvalue weighted by molar-refractivity contribution is 7.99. The van der Waals surface area contributed by atoms with E-state index >= 15 is 0 Å². The molecule has 1 aromatic carbocycles. The lowest BCUT2D eigenvalue weighted by Gasteiger charge is -2.21. The quantitative estimate of drug-likeness (QED) is 0.833. The summed E-state index contributed by atoms with van der Waals surface area (Å²) in [5, 5.41) is 4.95. The Balaban J connectivity index is 1.68. The summed E-state index contributed by atoms with van der Waals surface area (Å²) >= 11 is 8.40. The Morgan fingerprint density at radius 2 is 2.00 bits per heavy atom. The first-order chi connectivity index (χ1) is 9.83. The van der Waals surface area contributed by atoms with E-state index in [0.717, 1.165) is 12.3 Å². The maximum atomic E-state index is 6.36. The summed E-state index contributed by atoms with van der Waals surface area (Å²) in [6.07, 6.45) is 4.19. The molecule has 3 nitrogen and oxygen atoms in total. The van der Waals surface area contributed by atoms with E-state index in [0.29, 0.717) is 16.8 Å². The molecule has 1 saturated heterocycles. The van der Waals surface area contributed by atoms with Crippen molar-refractivity contribution >= 4 is 23.4 Å². The Labute approximate surface area is 128 Å². The molecule has 0 bridgehead atoms. The zero-order valence-corrected chi connectivity index (χ0v) is 12.7. The van der Waals surface area contributed by atoms with Gasteiger partial charge < -0.3 is 4.74 Å². The lowest BCUT2D eigenvalue weighted by Crippen LogP contribution is -2.17. The number of aromatic nitrogens is 2. The van der Waals surface area contributed by atoms with Crippen molar-refractivity contribution in [3.05, 3.63) is 41.7 Å². The van der Waals surface area contributed by atoms with Crippen molar-refractivity contribution in [1.82, 2.24) is 9.78 Å². The van der Waals surface area contributed by atoms with Gasteiger partial charge in [-0.3, -0.25) is 4.68 Å².